The smallest absolute Gasteiger partial charge is 0.0462 e. The highest BCUT2D eigenvalue weighted by Gasteiger charge is 2.13. The van der Waals surface area contributed by atoms with Gasteiger partial charge in [-0.05, 0) is 104 Å². The van der Waals surface area contributed by atoms with E-state index >= 15 is 0 Å². The normalized spacial score (nSPS) is 11.0. The zero-order valence-electron chi connectivity index (χ0n) is 26.0. The first-order valence-electron chi connectivity index (χ1n) is 16.1. The Morgan fingerprint density at radius 1 is 0.213 bits per heavy atom. The number of benzene rings is 8. The van der Waals surface area contributed by atoms with Gasteiger partial charge >= 0.3 is 0 Å². The molecule has 1 nitrogen and oxygen atoms in total. The van der Waals surface area contributed by atoms with E-state index in [1.54, 1.807) is 0 Å². The highest BCUT2D eigenvalue weighted by Crippen LogP contribution is 2.37. The largest absolute Gasteiger partial charge is 0.311 e. The fraction of sp³-hybridized carbons (Fsp3) is 0. The number of rotatable bonds is 7. The van der Waals surface area contributed by atoms with Gasteiger partial charge in [-0.1, -0.05) is 152 Å². The van der Waals surface area contributed by atoms with Crippen LogP contribution in [0.4, 0.5) is 17.1 Å². The van der Waals surface area contributed by atoms with Crippen molar-refractivity contribution in [3.8, 4) is 44.5 Å². The first kappa shape index (κ1) is 28.3. The van der Waals surface area contributed by atoms with E-state index in [0.29, 0.717) is 0 Å². The van der Waals surface area contributed by atoms with Crippen molar-refractivity contribution in [1.82, 2.24) is 0 Å². The van der Waals surface area contributed by atoms with Gasteiger partial charge in [0, 0.05) is 17.1 Å². The molecule has 0 aromatic heterocycles. The second kappa shape index (κ2) is 12.7. The van der Waals surface area contributed by atoms with E-state index in [4.69, 9.17) is 0 Å². The fourth-order valence-electron chi connectivity index (χ4n) is 6.36. The molecule has 0 bridgehead atoms. The van der Waals surface area contributed by atoms with Crippen molar-refractivity contribution in [2.24, 2.45) is 0 Å². The monoisotopic (exact) mass is 599 g/mol. The molecule has 8 aromatic carbocycles. The summed E-state index contributed by atoms with van der Waals surface area (Å²) in [5.74, 6) is 0. The standard InChI is InChI=1S/C46H33N/c1-3-10-34(11-4-1)36-18-20-37(21-19-36)38-24-28-45(29-25-38)47(44-16-5-2-6-17-44)46-30-26-39(27-31-46)41-14-9-15-42(32-41)43-23-22-35-12-7-8-13-40(35)33-43/h1-33H. The van der Waals surface area contributed by atoms with Gasteiger partial charge in [-0.25, -0.2) is 0 Å². The van der Waals surface area contributed by atoms with E-state index in [1.165, 1.54) is 55.3 Å². The fourth-order valence-corrected chi connectivity index (χ4v) is 6.36. The lowest BCUT2D eigenvalue weighted by Crippen LogP contribution is -2.09. The molecular weight excluding hydrogens is 567 g/mol. The van der Waals surface area contributed by atoms with Crippen molar-refractivity contribution in [3.63, 3.8) is 0 Å². The summed E-state index contributed by atoms with van der Waals surface area (Å²) in [6, 6.07) is 71.8. The van der Waals surface area contributed by atoms with Gasteiger partial charge in [-0.3, -0.25) is 0 Å². The summed E-state index contributed by atoms with van der Waals surface area (Å²) in [6.45, 7) is 0. The van der Waals surface area contributed by atoms with Crippen LogP contribution in [0, 0.1) is 0 Å². The van der Waals surface area contributed by atoms with Crippen LogP contribution in [0.5, 0.6) is 0 Å². The molecule has 47 heavy (non-hydrogen) atoms. The highest BCUT2D eigenvalue weighted by molar-refractivity contribution is 5.88. The molecule has 0 atom stereocenters. The van der Waals surface area contributed by atoms with Gasteiger partial charge in [-0.2, -0.15) is 0 Å². The third-order valence-electron chi connectivity index (χ3n) is 8.87. The molecule has 0 unspecified atom stereocenters. The summed E-state index contributed by atoms with van der Waals surface area (Å²) in [5, 5.41) is 2.52. The molecule has 8 rings (SSSR count). The summed E-state index contributed by atoms with van der Waals surface area (Å²) in [4.78, 5) is 2.32. The number of anilines is 3. The number of nitrogens with zero attached hydrogens (tertiary/aromatic N) is 1. The van der Waals surface area contributed by atoms with Gasteiger partial charge in [0.25, 0.3) is 0 Å². The molecule has 0 saturated heterocycles. The SMILES string of the molecule is c1ccc(-c2ccc(-c3ccc(N(c4ccccc4)c4ccc(-c5cccc(-c6ccc7ccccc7c6)c5)cc4)cc3)cc2)cc1. The second-order valence-corrected chi connectivity index (χ2v) is 11.9. The van der Waals surface area contributed by atoms with E-state index < -0.39 is 0 Å². The Morgan fingerprint density at radius 2 is 0.574 bits per heavy atom. The summed E-state index contributed by atoms with van der Waals surface area (Å²) >= 11 is 0. The quantitative estimate of drug-likeness (QED) is 0.176. The van der Waals surface area contributed by atoms with Crippen LogP contribution in [-0.2, 0) is 0 Å². The van der Waals surface area contributed by atoms with Crippen molar-refractivity contribution in [2.45, 2.75) is 0 Å². The molecule has 0 N–H and O–H groups in total. The molecule has 0 saturated carbocycles. The van der Waals surface area contributed by atoms with Gasteiger partial charge in [0.1, 0.15) is 0 Å². The Kier molecular flexibility index (Phi) is 7.63. The van der Waals surface area contributed by atoms with Crippen molar-refractivity contribution in [2.75, 3.05) is 4.90 Å². The maximum Gasteiger partial charge on any atom is 0.0462 e. The summed E-state index contributed by atoms with van der Waals surface area (Å²) in [7, 11) is 0. The molecule has 8 aromatic rings. The van der Waals surface area contributed by atoms with Crippen molar-refractivity contribution < 1.29 is 0 Å². The minimum Gasteiger partial charge on any atom is -0.311 e. The number of para-hydroxylation sites is 1. The molecule has 0 radical (unpaired) electrons. The van der Waals surface area contributed by atoms with Gasteiger partial charge < -0.3 is 4.90 Å². The molecule has 222 valence electrons. The zero-order chi connectivity index (χ0) is 31.4. The first-order chi connectivity index (χ1) is 23.3. The van der Waals surface area contributed by atoms with Crippen LogP contribution in [0.2, 0.25) is 0 Å². The lowest BCUT2D eigenvalue weighted by molar-refractivity contribution is 1.28. The van der Waals surface area contributed by atoms with Crippen molar-refractivity contribution in [1.29, 1.82) is 0 Å². The van der Waals surface area contributed by atoms with Gasteiger partial charge in [0.15, 0.2) is 0 Å². The average Bonchev–Trinajstić information content (AvgIpc) is 3.16. The third kappa shape index (κ3) is 5.95. The van der Waals surface area contributed by atoms with Gasteiger partial charge in [0.05, 0.1) is 0 Å². The number of hydrogen-bond acceptors (Lipinski definition) is 1. The molecule has 0 amide bonds. The van der Waals surface area contributed by atoms with Gasteiger partial charge in [0.2, 0.25) is 0 Å². The summed E-state index contributed by atoms with van der Waals surface area (Å²) < 4.78 is 0. The Hall–Kier alpha value is -6.18. The van der Waals surface area contributed by atoms with E-state index in [1.807, 2.05) is 0 Å². The predicted octanol–water partition coefficient (Wildman–Crippen LogP) is 13.0. The van der Waals surface area contributed by atoms with Crippen LogP contribution in [0.15, 0.2) is 200 Å². The predicted molar refractivity (Wildman–Crippen MR) is 200 cm³/mol. The lowest BCUT2D eigenvalue weighted by Gasteiger charge is -2.26. The van der Waals surface area contributed by atoms with E-state index in [2.05, 4.69) is 205 Å². The first-order valence-corrected chi connectivity index (χ1v) is 16.1. The lowest BCUT2D eigenvalue weighted by atomic mass is 9.97. The minimum atomic E-state index is 1.12. The minimum absolute atomic E-state index is 1.12. The number of fused-ring (bicyclic) bond motifs is 1. The maximum absolute atomic E-state index is 2.32. The Labute approximate surface area is 276 Å². The molecule has 0 aliphatic rings. The molecule has 0 aliphatic carbocycles. The van der Waals surface area contributed by atoms with Crippen LogP contribution >= 0.6 is 0 Å². The molecule has 0 aliphatic heterocycles. The summed E-state index contributed by atoms with van der Waals surface area (Å²) in [5.41, 5.74) is 13.1. The van der Waals surface area contributed by atoms with Crippen LogP contribution in [-0.4, -0.2) is 0 Å². The van der Waals surface area contributed by atoms with Gasteiger partial charge in [-0.15, -0.1) is 0 Å². The number of hydrogen-bond donors (Lipinski definition) is 0. The summed E-state index contributed by atoms with van der Waals surface area (Å²) in [6.07, 6.45) is 0. The Balaban J connectivity index is 1.08. The highest BCUT2D eigenvalue weighted by atomic mass is 15.1. The average molecular weight is 600 g/mol. The van der Waals surface area contributed by atoms with Crippen LogP contribution in [0.25, 0.3) is 55.3 Å². The zero-order valence-corrected chi connectivity index (χ0v) is 26.0. The van der Waals surface area contributed by atoms with E-state index in [-0.39, 0.29) is 0 Å². The topological polar surface area (TPSA) is 3.24 Å². The molecular formula is C46H33N. The third-order valence-corrected chi connectivity index (χ3v) is 8.87. The van der Waals surface area contributed by atoms with Crippen LogP contribution < -0.4 is 4.90 Å². The Bertz CT molecular complexity index is 2250. The van der Waals surface area contributed by atoms with E-state index in [9.17, 15) is 0 Å². The maximum atomic E-state index is 2.32. The molecule has 0 heterocycles. The second-order valence-electron chi connectivity index (χ2n) is 11.9. The van der Waals surface area contributed by atoms with Crippen molar-refractivity contribution in [3.05, 3.63) is 200 Å². The Morgan fingerprint density at radius 3 is 1.17 bits per heavy atom. The van der Waals surface area contributed by atoms with Crippen LogP contribution in [0.3, 0.4) is 0 Å². The van der Waals surface area contributed by atoms with Crippen LogP contribution in [0.1, 0.15) is 0 Å². The molecule has 0 fully saturated rings. The van der Waals surface area contributed by atoms with E-state index in [0.717, 1.165) is 17.1 Å². The molecule has 0 spiro atoms. The van der Waals surface area contributed by atoms with Crippen molar-refractivity contribution >= 4 is 27.8 Å². The molecule has 1 heteroatoms.